The molecule has 0 unspecified atom stereocenters. The highest BCUT2D eigenvalue weighted by molar-refractivity contribution is 5.80. The van der Waals surface area contributed by atoms with Gasteiger partial charge in [0.25, 0.3) is 0 Å². The first-order chi connectivity index (χ1) is 14.0. The van der Waals surface area contributed by atoms with Crippen molar-refractivity contribution >= 4 is 11.5 Å². The zero-order valence-corrected chi connectivity index (χ0v) is 17.3. The lowest BCUT2D eigenvalue weighted by atomic mass is 9.99. The fourth-order valence-corrected chi connectivity index (χ4v) is 4.30. The highest BCUT2D eigenvalue weighted by atomic mass is 16.5. The van der Waals surface area contributed by atoms with Crippen LogP contribution in [-0.2, 0) is 0 Å². The van der Waals surface area contributed by atoms with Gasteiger partial charge in [-0.05, 0) is 50.1 Å². The number of nitrogens with one attached hydrogen (secondary N) is 2. The Bertz CT molecular complexity index is 1040. The van der Waals surface area contributed by atoms with Crippen molar-refractivity contribution in [3.63, 3.8) is 0 Å². The van der Waals surface area contributed by atoms with Gasteiger partial charge >= 0.3 is 0 Å². The number of hydrogen-bond acceptors (Lipinski definition) is 6. The Kier molecular flexibility index (Phi) is 4.44. The van der Waals surface area contributed by atoms with E-state index in [1.807, 2.05) is 23.0 Å². The van der Waals surface area contributed by atoms with E-state index in [-0.39, 0.29) is 5.54 Å². The average molecular weight is 393 g/mol. The van der Waals surface area contributed by atoms with Crippen LogP contribution in [0.25, 0.3) is 16.8 Å². The maximum absolute atomic E-state index is 6.26. The van der Waals surface area contributed by atoms with Crippen LogP contribution in [0, 0.1) is 6.92 Å². The quantitative estimate of drug-likeness (QED) is 0.613. The lowest BCUT2D eigenvalue weighted by Crippen LogP contribution is -2.63. The average Bonchev–Trinajstić information content (AvgIpc) is 3.10. The number of aromatic nitrogens is 3. The number of aryl methyl sites for hydroxylation is 1. The Labute approximate surface area is 171 Å². The van der Waals surface area contributed by atoms with Crippen molar-refractivity contribution in [3.8, 4) is 16.9 Å². The minimum Gasteiger partial charge on any atom is -0.492 e. The summed E-state index contributed by atoms with van der Waals surface area (Å²) in [5.74, 6) is 1.77. The lowest BCUT2D eigenvalue weighted by Gasteiger charge is -2.44. The van der Waals surface area contributed by atoms with Crippen LogP contribution >= 0.6 is 0 Å². The summed E-state index contributed by atoms with van der Waals surface area (Å²) in [5, 5.41) is 11.6. The van der Waals surface area contributed by atoms with Crippen LogP contribution in [0.1, 0.15) is 19.4 Å². The molecule has 152 valence electrons. The van der Waals surface area contributed by atoms with Crippen LogP contribution in [0.5, 0.6) is 5.75 Å². The molecule has 2 N–H and O–H groups in total. The molecular weight excluding hydrogens is 364 g/mol. The summed E-state index contributed by atoms with van der Waals surface area (Å²) < 4.78 is 8.09. The van der Waals surface area contributed by atoms with Gasteiger partial charge in [0.1, 0.15) is 18.2 Å². The van der Waals surface area contributed by atoms with E-state index in [0.717, 1.165) is 54.5 Å². The van der Waals surface area contributed by atoms with Crippen molar-refractivity contribution in [2.45, 2.75) is 32.4 Å². The van der Waals surface area contributed by atoms with Crippen LogP contribution in [0.4, 0.5) is 5.82 Å². The third kappa shape index (κ3) is 3.56. The van der Waals surface area contributed by atoms with Crippen molar-refractivity contribution in [2.24, 2.45) is 0 Å². The second kappa shape index (κ2) is 7.00. The fraction of sp³-hybridized carbons (Fsp3) is 0.455. The summed E-state index contributed by atoms with van der Waals surface area (Å²) in [4.78, 5) is 7.37. The summed E-state index contributed by atoms with van der Waals surface area (Å²) in [7, 11) is 0. The van der Waals surface area contributed by atoms with E-state index in [4.69, 9.17) is 9.72 Å². The van der Waals surface area contributed by atoms with Gasteiger partial charge < -0.3 is 15.4 Å². The van der Waals surface area contributed by atoms with E-state index in [1.54, 1.807) is 0 Å². The number of piperazine rings is 1. The Hall–Kier alpha value is -2.64. The molecule has 0 amide bonds. The number of rotatable bonds is 0. The minimum absolute atomic E-state index is 0.0998. The van der Waals surface area contributed by atoms with Gasteiger partial charge in [0.05, 0.1) is 12.2 Å². The lowest BCUT2D eigenvalue weighted by molar-refractivity contribution is 0.0674. The number of nitrogens with zero attached hydrogens (tertiary/aromatic N) is 4. The summed E-state index contributed by atoms with van der Waals surface area (Å²) in [5.41, 5.74) is 4.27. The number of fused-ring (bicyclic) bond motifs is 5. The molecule has 4 bridgehead atoms. The molecule has 2 aromatic heterocycles. The molecule has 0 saturated carbocycles. The highest BCUT2D eigenvalue weighted by Crippen LogP contribution is 2.31. The first-order valence-corrected chi connectivity index (χ1v) is 10.3. The van der Waals surface area contributed by atoms with Gasteiger partial charge in [-0.3, -0.25) is 4.90 Å². The molecule has 29 heavy (non-hydrogen) atoms. The predicted molar refractivity (Wildman–Crippen MR) is 115 cm³/mol. The number of anilines is 1. The number of benzene rings is 1. The van der Waals surface area contributed by atoms with Crippen molar-refractivity contribution < 1.29 is 4.74 Å². The summed E-state index contributed by atoms with van der Waals surface area (Å²) in [6.45, 7) is 11.0. The van der Waals surface area contributed by atoms with E-state index >= 15 is 0 Å². The number of hydrogen-bond donors (Lipinski definition) is 2. The van der Waals surface area contributed by atoms with Crippen molar-refractivity contribution in [1.82, 2.24) is 24.8 Å². The van der Waals surface area contributed by atoms with Crippen LogP contribution < -0.4 is 15.4 Å². The molecule has 0 aliphatic carbocycles. The second-order valence-electron chi connectivity index (χ2n) is 8.74. The second-order valence-corrected chi connectivity index (χ2v) is 8.74. The monoisotopic (exact) mass is 392 g/mol. The Morgan fingerprint density at radius 2 is 2.10 bits per heavy atom. The third-order valence-electron chi connectivity index (χ3n) is 5.95. The van der Waals surface area contributed by atoms with Crippen LogP contribution in [0.3, 0.4) is 0 Å². The molecule has 5 rings (SSSR count). The summed E-state index contributed by atoms with van der Waals surface area (Å²) >= 11 is 0. The third-order valence-corrected chi connectivity index (χ3v) is 5.95. The van der Waals surface area contributed by atoms with Gasteiger partial charge in [-0.2, -0.15) is 5.10 Å². The van der Waals surface area contributed by atoms with E-state index in [9.17, 15) is 0 Å². The Morgan fingerprint density at radius 3 is 3.00 bits per heavy atom. The molecule has 0 spiro atoms. The molecule has 4 heterocycles. The van der Waals surface area contributed by atoms with Crippen LogP contribution in [0.15, 0.2) is 36.7 Å². The smallest absolute Gasteiger partial charge is 0.165 e. The zero-order chi connectivity index (χ0) is 20.0. The molecule has 2 aliphatic heterocycles. The molecule has 1 aromatic carbocycles. The van der Waals surface area contributed by atoms with E-state index in [1.165, 1.54) is 5.56 Å². The van der Waals surface area contributed by atoms with Crippen LogP contribution in [0.2, 0.25) is 0 Å². The topological polar surface area (TPSA) is 66.7 Å². The molecular formula is C22H28N6O. The predicted octanol–water partition coefficient (Wildman–Crippen LogP) is 2.56. The Morgan fingerprint density at radius 1 is 1.21 bits per heavy atom. The summed E-state index contributed by atoms with van der Waals surface area (Å²) in [6.07, 6.45) is 3.85. The van der Waals surface area contributed by atoms with Gasteiger partial charge in [0, 0.05) is 43.5 Å². The Balaban J connectivity index is 1.56. The van der Waals surface area contributed by atoms with Gasteiger partial charge in [0.2, 0.25) is 0 Å². The van der Waals surface area contributed by atoms with Crippen molar-refractivity contribution in [2.75, 3.05) is 38.1 Å². The van der Waals surface area contributed by atoms with Crippen molar-refractivity contribution in [3.05, 3.63) is 42.2 Å². The zero-order valence-electron chi connectivity index (χ0n) is 17.3. The first kappa shape index (κ1) is 18.4. The molecule has 3 aromatic rings. The minimum atomic E-state index is 0.0998. The molecule has 7 nitrogen and oxygen atoms in total. The van der Waals surface area contributed by atoms with E-state index in [2.05, 4.69) is 59.6 Å². The van der Waals surface area contributed by atoms with Gasteiger partial charge in [0.15, 0.2) is 5.65 Å². The molecule has 1 saturated heterocycles. The van der Waals surface area contributed by atoms with Crippen LogP contribution in [-0.4, -0.2) is 63.9 Å². The van der Waals surface area contributed by atoms with Gasteiger partial charge in [-0.25, -0.2) is 9.50 Å². The normalized spacial score (nSPS) is 21.8. The first-order valence-electron chi connectivity index (χ1n) is 10.3. The van der Waals surface area contributed by atoms with E-state index in [0.29, 0.717) is 12.6 Å². The van der Waals surface area contributed by atoms with Crippen molar-refractivity contribution in [1.29, 1.82) is 0 Å². The molecule has 1 atom stereocenters. The van der Waals surface area contributed by atoms with Gasteiger partial charge in [-0.1, -0.05) is 6.07 Å². The number of ether oxygens (including phenoxy) is 1. The maximum atomic E-state index is 6.26. The van der Waals surface area contributed by atoms with Gasteiger partial charge in [-0.15, -0.1) is 0 Å². The maximum Gasteiger partial charge on any atom is 0.165 e. The molecule has 1 fully saturated rings. The summed E-state index contributed by atoms with van der Waals surface area (Å²) in [6, 6.07) is 8.61. The molecule has 2 aliphatic rings. The largest absolute Gasteiger partial charge is 0.492 e. The molecule has 0 radical (unpaired) electrons. The molecule has 7 heteroatoms. The highest BCUT2D eigenvalue weighted by Gasteiger charge is 2.32. The standard InChI is InChI=1S/C22H28N6O/c1-15-4-5-17-10-18(15)19-12-25-28-8-6-20(26-21(19)28)23-7-9-27-14-22(2,3)24-11-16(27)13-29-17/h4-6,8,10,12,16,24H,7,9,11,13-14H2,1-3H3,(H,23,26)/t16-/m0/s1. The fourth-order valence-electron chi connectivity index (χ4n) is 4.30. The SMILES string of the molecule is Cc1ccc2cc1-c1cnn3ccc(nc13)NCCN1CC(C)(C)NC[C@H]1CO2. The van der Waals surface area contributed by atoms with E-state index < -0.39 is 0 Å².